The number of nitrogens with two attached hydrogens (primary N) is 1. The maximum absolute atomic E-state index is 10.7. The first kappa shape index (κ1) is 10.5. The normalized spacial score (nSPS) is 8.09. The summed E-state index contributed by atoms with van der Waals surface area (Å²) < 4.78 is 0. The molecule has 0 aliphatic rings. The summed E-state index contributed by atoms with van der Waals surface area (Å²) in [5, 5.41) is 0. The zero-order chi connectivity index (χ0) is 7.40. The summed E-state index contributed by atoms with van der Waals surface area (Å²) in [5.74, 6) is 4.14. The summed E-state index contributed by atoms with van der Waals surface area (Å²) in [6.07, 6.45) is 0. The van der Waals surface area contributed by atoms with Crippen LogP contribution in [0.5, 0.6) is 0 Å². The van der Waals surface area contributed by atoms with Crippen molar-refractivity contribution in [3.63, 3.8) is 0 Å². The van der Waals surface area contributed by atoms with Crippen LogP contribution in [-0.2, 0) is 31.0 Å². The molecule has 0 aromatic heterocycles. The smallest absolute Gasteiger partial charge is 0.356 e. The zero-order valence-electron chi connectivity index (χ0n) is 5.78. The van der Waals surface area contributed by atoms with Crippen molar-refractivity contribution < 1.29 is 35.8 Å². The summed E-state index contributed by atoms with van der Waals surface area (Å²) in [5.41, 5.74) is 0.463. The fourth-order valence-electron chi connectivity index (χ4n) is 0.642. The number of carbonyl (C=O) groups excluding carboxylic acids is 1. The Balaban J connectivity index is 0.000001000. The second kappa shape index (κ2) is 5.22. The first-order valence-electron chi connectivity index (χ1n) is 2.80. The summed E-state index contributed by atoms with van der Waals surface area (Å²) in [7, 11) is 0. The van der Waals surface area contributed by atoms with Crippen LogP contribution in [-0.4, -0.2) is 5.97 Å². The Morgan fingerprint density at radius 1 is 1.27 bits per heavy atom. The van der Waals surface area contributed by atoms with Crippen LogP contribution in [0.25, 0.3) is 0 Å². The van der Waals surface area contributed by atoms with Crippen LogP contribution in [0.1, 0.15) is 10.4 Å². The number of benzene rings is 1. The molecule has 4 heteroatoms. The van der Waals surface area contributed by atoms with E-state index in [0.29, 0.717) is 5.56 Å². The minimum atomic E-state index is -0.513. The summed E-state index contributed by atoms with van der Waals surface area (Å²) in [6.45, 7) is 0. The van der Waals surface area contributed by atoms with Crippen LogP contribution in [0, 0.1) is 0 Å². The van der Waals surface area contributed by atoms with Crippen LogP contribution in [0.2, 0.25) is 0 Å². The monoisotopic (exact) mass is 227 g/mol. The van der Waals surface area contributed by atoms with E-state index in [-0.39, 0.29) is 26.2 Å². The second-order valence-corrected chi connectivity index (χ2v) is 1.77. The molecule has 0 spiro atoms. The van der Waals surface area contributed by atoms with Crippen molar-refractivity contribution in [3.8, 4) is 0 Å². The maximum Gasteiger partial charge on any atom is 0.356 e. The van der Waals surface area contributed by atoms with Gasteiger partial charge in [0.2, 0.25) is 0 Å². The van der Waals surface area contributed by atoms with E-state index in [4.69, 9.17) is 0 Å². The van der Waals surface area contributed by atoms with Crippen LogP contribution >= 0.6 is 0 Å². The molecule has 0 bridgehead atoms. The van der Waals surface area contributed by atoms with Crippen molar-refractivity contribution in [2.75, 3.05) is 0 Å². The van der Waals surface area contributed by atoms with Crippen LogP contribution in [0.4, 0.5) is 0 Å². The SMILES string of the molecule is NOC(=O)c1ccccc1.[Zr]. The molecule has 0 amide bonds. The molecule has 0 unspecified atom stereocenters. The van der Waals surface area contributed by atoms with Gasteiger partial charge in [-0.05, 0) is 12.1 Å². The Kier molecular flexibility index (Phi) is 5.00. The Labute approximate surface area is 83.6 Å². The average Bonchev–Trinajstić information content (AvgIpc) is 2.05. The number of hydrogen-bond acceptors (Lipinski definition) is 3. The van der Waals surface area contributed by atoms with Crippen molar-refractivity contribution >= 4 is 5.97 Å². The van der Waals surface area contributed by atoms with Gasteiger partial charge in [0, 0.05) is 26.2 Å². The molecule has 0 atom stereocenters. The molecule has 0 radical (unpaired) electrons. The zero-order valence-corrected chi connectivity index (χ0v) is 8.24. The predicted octanol–water partition coefficient (Wildman–Crippen LogP) is 0.715. The third-order valence-electron chi connectivity index (χ3n) is 1.12. The molecular formula is C7H7NO2Zr. The van der Waals surface area contributed by atoms with Crippen LogP contribution < -0.4 is 5.90 Å². The molecule has 1 rings (SSSR count). The van der Waals surface area contributed by atoms with Gasteiger partial charge in [-0.15, -0.1) is 0 Å². The Morgan fingerprint density at radius 3 is 2.27 bits per heavy atom. The summed E-state index contributed by atoms with van der Waals surface area (Å²) in [4.78, 5) is 14.7. The molecule has 0 saturated carbocycles. The Hall–Kier alpha value is -0.467. The fraction of sp³-hybridized carbons (Fsp3) is 0. The Morgan fingerprint density at radius 2 is 1.82 bits per heavy atom. The molecule has 3 nitrogen and oxygen atoms in total. The van der Waals surface area contributed by atoms with Crippen LogP contribution in [0.3, 0.4) is 0 Å². The van der Waals surface area contributed by atoms with E-state index in [9.17, 15) is 4.79 Å². The molecular weight excluding hydrogens is 221 g/mol. The minimum absolute atomic E-state index is 0. The topological polar surface area (TPSA) is 52.3 Å². The third-order valence-corrected chi connectivity index (χ3v) is 1.12. The van der Waals surface area contributed by atoms with Crippen molar-refractivity contribution in [1.29, 1.82) is 0 Å². The van der Waals surface area contributed by atoms with Gasteiger partial charge >= 0.3 is 5.97 Å². The Bertz CT molecular complexity index is 225. The van der Waals surface area contributed by atoms with E-state index in [1.54, 1.807) is 24.3 Å². The van der Waals surface area contributed by atoms with Gasteiger partial charge in [0.25, 0.3) is 0 Å². The van der Waals surface area contributed by atoms with E-state index in [0.717, 1.165) is 0 Å². The number of rotatable bonds is 1. The predicted molar refractivity (Wildman–Crippen MR) is 36.0 cm³/mol. The maximum atomic E-state index is 10.7. The molecule has 0 saturated heterocycles. The molecule has 0 fully saturated rings. The molecule has 11 heavy (non-hydrogen) atoms. The molecule has 56 valence electrons. The van der Waals surface area contributed by atoms with Gasteiger partial charge in [-0.3, -0.25) is 0 Å². The average molecular weight is 228 g/mol. The second-order valence-electron chi connectivity index (χ2n) is 1.77. The van der Waals surface area contributed by atoms with E-state index in [1.165, 1.54) is 0 Å². The van der Waals surface area contributed by atoms with Crippen LogP contribution in [0.15, 0.2) is 30.3 Å². The quantitative estimate of drug-likeness (QED) is 0.720. The largest absolute Gasteiger partial charge is 0.370 e. The minimum Gasteiger partial charge on any atom is -0.370 e. The van der Waals surface area contributed by atoms with Gasteiger partial charge in [0.15, 0.2) is 0 Å². The standard InChI is InChI=1S/C7H7NO2.Zr/c8-10-7(9)6-4-2-1-3-5-6;/h1-5H,8H2;. The van der Waals surface area contributed by atoms with Crippen molar-refractivity contribution in [3.05, 3.63) is 35.9 Å². The number of carbonyl (C=O) groups is 1. The summed E-state index contributed by atoms with van der Waals surface area (Å²) in [6, 6.07) is 8.57. The van der Waals surface area contributed by atoms with Gasteiger partial charge in [-0.2, -0.15) is 5.90 Å². The van der Waals surface area contributed by atoms with Crippen molar-refractivity contribution in [2.45, 2.75) is 0 Å². The third kappa shape index (κ3) is 2.95. The molecule has 1 aromatic carbocycles. The number of hydrogen-bond donors (Lipinski definition) is 1. The molecule has 0 aliphatic heterocycles. The molecule has 0 heterocycles. The van der Waals surface area contributed by atoms with E-state index < -0.39 is 5.97 Å². The molecule has 2 N–H and O–H groups in total. The fourth-order valence-corrected chi connectivity index (χ4v) is 0.642. The van der Waals surface area contributed by atoms with Crippen molar-refractivity contribution in [2.24, 2.45) is 5.90 Å². The van der Waals surface area contributed by atoms with Gasteiger partial charge in [0.05, 0.1) is 5.56 Å². The first-order valence-corrected chi connectivity index (χ1v) is 2.80. The van der Waals surface area contributed by atoms with Gasteiger partial charge in [-0.25, -0.2) is 4.79 Å². The van der Waals surface area contributed by atoms with Gasteiger partial charge in [0.1, 0.15) is 0 Å². The van der Waals surface area contributed by atoms with Crippen molar-refractivity contribution in [1.82, 2.24) is 0 Å². The van der Waals surface area contributed by atoms with Gasteiger partial charge < -0.3 is 4.84 Å². The van der Waals surface area contributed by atoms with E-state index in [2.05, 4.69) is 10.7 Å². The van der Waals surface area contributed by atoms with E-state index >= 15 is 0 Å². The first-order chi connectivity index (χ1) is 4.84. The van der Waals surface area contributed by atoms with Gasteiger partial charge in [-0.1, -0.05) is 18.2 Å². The van der Waals surface area contributed by atoms with E-state index in [1.807, 2.05) is 6.07 Å². The summed E-state index contributed by atoms with van der Waals surface area (Å²) >= 11 is 0. The molecule has 0 aliphatic carbocycles. The molecule has 1 aromatic rings.